The maximum Gasteiger partial charge on any atom is 0.251 e. The lowest BCUT2D eigenvalue weighted by Gasteiger charge is -2.18. The topological polar surface area (TPSA) is 49.3 Å². The Labute approximate surface area is 105 Å². The molecule has 0 radical (unpaired) electrons. The van der Waals surface area contributed by atoms with Crippen molar-refractivity contribution >= 4 is 5.91 Å². The molecule has 1 aromatic carbocycles. The summed E-state index contributed by atoms with van der Waals surface area (Å²) in [4.78, 5) is 11.7. The van der Waals surface area contributed by atoms with Crippen LogP contribution in [0.2, 0.25) is 0 Å². The van der Waals surface area contributed by atoms with Gasteiger partial charge in [-0.05, 0) is 30.5 Å². The van der Waals surface area contributed by atoms with E-state index in [1.165, 1.54) is 6.07 Å². The third-order valence-corrected chi connectivity index (χ3v) is 2.49. The van der Waals surface area contributed by atoms with Crippen LogP contribution in [0.25, 0.3) is 0 Å². The van der Waals surface area contributed by atoms with Gasteiger partial charge in [-0.15, -0.1) is 0 Å². The number of hydrogen-bond acceptors (Lipinski definition) is 2. The number of rotatable bonds is 5. The van der Waals surface area contributed by atoms with Crippen LogP contribution >= 0.6 is 0 Å². The molecular weight excluding hydrogens is 240 g/mol. The molecule has 0 fully saturated rings. The summed E-state index contributed by atoms with van der Waals surface area (Å²) in [5.41, 5.74) is 0.0381. The highest BCUT2D eigenvalue weighted by Crippen LogP contribution is 2.10. The van der Waals surface area contributed by atoms with Crippen molar-refractivity contribution in [3.63, 3.8) is 0 Å². The molecule has 0 aromatic heterocycles. The Morgan fingerprint density at radius 1 is 1.33 bits per heavy atom. The van der Waals surface area contributed by atoms with Gasteiger partial charge in [0.2, 0.25) is 0 Å². The molecule has 0 aliphatic heterocycles. The Bertz CT molecular complexity index is 421. The molecule has 1 amide bonds. The summed E-state index contributed by atoms with van der Waals surface area (Å²) in [6.07, 6.45) is 0.617. The lowest BCUT2D eigenvalue weighted by atomic mass is 10.0. The molecule has 0 spiro atoms. The van der Waals surface area contributed by atoms with Gasteiger partial charge in [0.05, 0.1) is 12.6 Å². The third-order valence-electron chi connectivity index (χ3n) is 2.49. The van der Waals surface area contributed by atoms with Crippen molar-refractivity contribution in [1.82, 2.24) is 5.32 Å². The molecule has 0 aliphatic carbocycles. The van der Waals surface area contributed by atoms with E-state index in [4.69, 9.17) is 5.11 Å². The minimum absolute atomic E-state index is 0.0381. The molecular formula is C13H17F2NO2. The predicted molar refractivity (Wildman–Crippen MR) is 64.2 cm³/mol. The van der Waals surface area contributed by atoms with Gasteiger partial charge >= 0.3 is 0 Å². The number of carbonyl (C=O) groups excluding carboxylic acids is 1. The van der Waals surface area contributed by atoms with E-state index >= 15 is 0 Å². The molecule has 0 bridgehead atoms. The number of benzene rings is 1. The molecule has 3 nitrogen and oxygen atoms in total. The first kappa shape index (κ1) is 14.6. The van der Waals surface area contributed by atoms with Gasteiger partial charge in [-0.2, -0.15) is 0 Å². The van der Waals surface area contributed by atoms with Crippen LogP contribution in [0.1, 0.15) is 30.6 Å². The second-order valence-corrected chi connectivity index (χ2v) is 4.61. The van der Waals surface area contributed by atoms with E-state index in [1.54, 1.807) is 0 Å². The Hall–Kier alpha value is -1.49. The number of aliphatic hydroxyl groups excluding tert-OH is 1. The fourth-order valence-electron chi connectivity index (χ4n) is 1.65. The summed E-state index contributed by atoms with van der Waals surface area (Å²) in [5, 5.41) is 11.7. The van der Waals surface area contributed by atoms with Crippen LogP contribution in [0, 0.1) is 17.6 Å². The first-order chi connectivity index (χ1) is 8.43. The van der Waals surface area contributed by atoms with Gasteiger partial charge in [-0.3, -0.25) is 4.79 Å². The molecule has 1 aromatic rings. The standard InChI is InChI=1S/C13H17F2NO2/c1-8(2)5-10(7-17)16-13(18)9-3-4-11(14)12(15)6-9/h3-4,6,8,10,17H,5,7H2,1-2H3,(H,16,18). The van der Waals surface area contributed by atoms with Gasteiger partial charge < -0.3 is 10.4 Å². The van der Waals surface area contributed by atoms with Gasteiger partial charge in [0, 0.05) is 5.56 Å². The zero-order valence-electron chi connectivity index (χ0n) is 10.4. The number of nitrogens with one attached hydrogen (secondary N) is 1. The third kappa shape index (κ3) is 4.07. The SMILES string of the molecule is CC(C)CC(CO)NC(=O)c1ccc(F)c(F)c1. The fourth-order valence-corrected chi connectivity index (χ4v) is 1.65. The van der Waals surface area contributed by atoms with Gasteiger partial charge in [0.1, 0.15) is 0 Å². The smallest absolute Gasteiger partial charge is 0.251 e. The maximum atomic E-state index is 13.0. The van der Waals surface area contributed by atoms with Crippen LogP contribution in [0.4, 0.5) is 8.78 Å². The number of halogens is 2. The average Bonchev–Trinajstić information content (AvgIpc) is 2.31. The largest absolute Gasteiger partial charge is 0.394 e. The highest BCUT2D eigenvalue weighted by molar-refractivity contribution is 5.94. The van der Waals surface area contributed by atoms with Crippen LogP contribution in [0.3, 0.4) is 0 Å². The first-order valence-electron chi connectivity index (χ1n) is 5.80. The molecule has 1 atom stereocenters. The number of aliphatic hydroxyl groups is 1. The quantitative estimate of drug-likeness (QED) is 0.848. The zero-order valence-corrected chi connectivity index (χ0v) is 10.4. The van der Waals surface area contributed by atoms with Crippen molar-refractivity contribution in [3.8, 4) is 0 Å². The van der Waals surface area contributed by atoms with E-state index in [-0.39, 0.29) is 18.2 Å². The minimum Gasteiger partial charge on any atom is -0.394 e. The molecule has 0 saturated heterocycles. The highest BCUT2D eigenvalue weighted by Gasteiger charge is 2.15. The first-order valence-corrected chi connectivity index (χ1v) is 5.80. The molecule has 0 heterocycles. The highest BCUT2D eigenvalue weighted by atomic mass is 19.2. The Balaban J connectivity index is 2.71. The van der Waals surface area contributed by atoms with Crippen molar-refractivity contribution in [2.45, 2.75) is 26.3 Å². The Morgan fingerprint density at radius 3 is 2.50 bits per heavy atom. The van der Waals surface area contributed by atoms with Crippen LogP contribution in [-0.4, -0.2) is 23.7 Å². The van der Waals surface area contributed by atoms with Gasteiger partial charge in [-0.1, -0.05) is 13.8 Å². The van der Waals surface area contributed by atoms with Crippen LogP contribution in [-0.2, 0) is 0 Å². The fraction of sp³-hybridized carbons (Fsp3) is 0.462. The molecule has 100 valence electrons. The summed E-state index contributed by atoms with van der Waals surface area (Å²) in [6, 6.07) is 2.57. The summed E-state index contributed by atoms with van der Waals surface area (Å²) < 4.78 is 25.7. The van der Waals surface area contributed by atoms with Gasteiger partial charge in [-0.25, -0.2) is 8.78 Å². The number of carbonyl (C=O) groups is 1. The van der Waals surface area contributed by atoms with Gasteiger partial charge in [0.15, 0.2) is 11.6 Å². The summed E-state index contributed by atoms with van der Waals surface area (Å²) >= 11 is 0. The van der Waals surface area contributed by atoms with E-state index in [1.807, 2.05) is 13.8 Å². The maximum absolute atomic E-state index is 13.0. The molecule has 0 aliphatic rings. The monoisotopic (exact) mass is 257 g/mol. The van der Waals surface area contributed by atoms with Crippen molar-refractivity contribution in [2.75, 3.05) is 6.61 Å². The van der Waals surface area contributed by atoms with Crippen molar-refractivity contribution in [2.24, 2.45) is 5.92 Å². The van der Waals surface area contributed by atoms with E-state index < -0.39 is 17.5 Å². The van der Waals surface area contributed by atoms with Crippen LogP contribution in [0.15, 0.2) is 18.2 Å². The second-order valence-electron chi connectivity index (χ2n) is 4.61. The van der Waals surface area contributed by atoms with E-state index in [2.05, 4.69) is 5.32 Å². The molecule has 2 N–H and O–H groups in total. The summed E-state index contributed by atoms with van der Waals surface area (Å²) in [7, 11) is 0. The van der Waals surface area contributed by atoms with E-state index in [0.29, 0.717) is 12.3 Å². The minimum atomic E-state index is -1.06. The summed E-state index contributed by atoms with van der Waals surface area (Å²) in [6.45, 7) is 3.74. The van der Waals surface area contributed by atoms with Gasteiger partial charge in [0.25, 0.3) is 5.91 Å². The molecule has 0 saturated carbocycles. The van der Waals surface area contributed by atoms with Crippen molar-refractivity contribution in [1.29, 1.82) is 0 Å². The molecule has 18 heavy (non-hydrogen) atoms. The van der Waals surface area contributed by atoms with Crippen LogP contribution < -0.4 is 5.32 Å². The Kier molecular flexibility index (Phi) is 5.22. The van der Waals surface area contributed by atoms with Crippen molar-refractivity contribution < 1.29 is 18.7 Å². The normalized spacial score (nSPS) is 12.6. The average molecular weight is 257 g/mol. The summed E-state index contributed by atoms with van der Waals surface area (Å²) in [5.74, 6) is -2.26. The lowest BCUT2D eigenvalue weighted by molar-refractivity contribution is 0.0908. The van der Waals surface area contributed by atoms with E-state index in [0.717, 1.165) is 12.1 Å². The van der Waals surface area contributed by atoms with Crippen LogP contribution in [0.5, 0.6) is 0 Å². The predicted octanol–water partition coefficient (Wildman–Crippen LogP) is 2.10. The molecule has 1 rings (SSSR count). The Morgan fingerprint density at radius 2 is 2.00 bits per heavy atom. The zero-order chi connectivity index (χ0) is 13.7. The lowest BCUT2D eigenvalue weighted by Crippen LogP contribution is -2.38. The number of amides is 1. The molecule has 5 heteroatoms. The van der Waals surface area contributed by atoms with Crippen molar-refractivity contribution in [3.05, 3.63) is 35.4 Å². The number of hydrogen-bond donors (Lipinski definition) is 2. The second kappa shape index (κ2) is 6.44. The molecule has 1 unspecified atom stereocenters. The van der Waals surface area contributed by atoms with E-state index in [9.17, 15) is 13.6 Å².